The first kappa shape index (κ1) is 10.6. The molecule has 0 spiro atoms. The number of hydrogen-bond acceptors (Lipinski definition) is 2. The molecule has 0 fully saturated rings. The fraction of sp³-hybridized carbons (Fsp3) is 0.364. The Kier molecular flexibility index (Phi) is 3.12. The van der Waals surface area contributed by atoms with Crippen LogP contribution in [-0.4, -0.2) is 30.0 Å². The highest BCUT2D eigenvalue weighted by molar-refractivity contribution is 5.96. The van der Waals surface area contributed by atoms with E-state index in [0.717, 1.165) is 12.0 Å². The van der Waals surface area contributed by atoms with Crippen LogP contribution in [0.3, 0.4) is 0 Å². The summed E-state index contributed by atoms with van der Waals surface area (Å²) in [4.78, 5) is 13.1. The zero-order valence-electron chi connectivity index (χ0n) is 8.74. The van der Waals surface area contributed by atoms with E-state index >= 15 is 0 Å². The second-order valence-electron chi connectivity index (χ2n) is 3.37. The summed E-state index contributed by atoms with van der Waals surface area (Å²) < 4.78 is 0. The van der Waals surface area contributed by atoms with E-state index in [9.17, 15) is 9.90 Å². The number of carbonyl (C=O) groups excluding carboxylic acids is 1. The minimum atomic E-state index is -0.169. The lowest BCUT2D eigenvalue weighted by atomic mass is 10.1. The number of amides is 1. The van der Waals surface area contributed by atoms with Crippen molar-refractivity contribution in [1.82, 2.24) is 4.90 Å². The number of benzene rings is 1. The molecule has 3 heteroatoms. The Morgan fingerprint density at radius 1 is 1.43 bits per heavy atom. The van der Waals surface area contributed by atoms with Crippen molar-refractivity contribution in [3.63, 3.8) is 0 Å². The lowest BCUT2D eigenvalue weighted by Gasteiger charge is -2.12. The molecule has 0 unspecified atom stereocenters. The van der Waals surface area contributed by atoms with Gasteiger partial charge in [0, 0.05) is 14.1 Å². The van der Waals surface area contributed by atoms with Gasteiger partial charge < -0.3 is 10.0 Å². The molecule has 0 heterocycles. The minimum absolute atomic E-state index is 0.105. The number of carbonyl (C=O) groups is 1. The topological polar surface area (TPSA) is 40.5 Å². The molecule has 1 amide bonds. The van der Waals surface area contributed by atoms with Gasteiger partial charge >= 0.3 is 0 Å². The van der Waals surface area contributed by atoms with Crippen molar-refractivity contribution in [2.45, 2.75) is 13.3 Å². The molecule has 0 aliphatic heterocycles. The van der Waals surface area contributed by atoms with E-state index in [1.807, 2.05) is 13.0 Å². The first-order chi connectivity index (χ1) is 6.57. The van der Waals surface area contributed by atoms with Crippen molar-refractivity contribution in [1.29, 1.82) is 0 Å². The molecule has 1 rings (SSSR count). The van der Waals surface area contributed by atoms with Crippen molar-refractivity contribution >= 4 is 5.91 Å². The van der Waals surface area contributed by atoms with E-state index < -0.39 is 0 Å². The molecule has 0 saturated heterocycles. The Hall–Kier alpha value is -1.51. The average Bonchev–Trinajstić information content (AvgIpc) is 2.17. The predicted molar refractivity (Wildman–Crippen MR) is 55.5 cm³/mol. The normalized spacial score (nSPS) is 9.93. The van der Waals surface area contributed by atoms with E-state index in [4.69, 9.17) is 0 Å². The number of phenolic OH excluding ortho intramolecular Hbond substituents is 1. The number of nitrogens with zero attached hydrogens (tertiary/aromatic N) is 1. The highest BCUT2D eigenvalue weighted by Crippen LogP contribution is 2.23. The van der Waals surface area contributed by atoms with Crippen molar-refractivity contribution in [2.24, 2.45) is 0 Å². The number of aromatic hydroxyl groups is 1. The van der Waals surface area contributed by atoms with Gasteiger partial charge in [-0.3, -0.25) is 4.79 Å². The summed E-state index contributed by atoms with van der Waals surface area (Å²) in [5.74, 6) is -0.0634. The molecule has 0 aliphatic rings. The number of aryl methyl sites for hydroxylation is 1. The fourth-order valence-corrected chi connectivity index (χ4v) is 1.29. The summed E-state index contributed by atoms with van der Waals surface area (Å²) in [5.41, 5.74) is 1.17. The molecular weight excluding hydrogens is 178 g/mol. The standard InChI is InChI=1S/C11H15NO2/c1-4-8-6-5-7-9(10(8)13)11(14)12(2)3/h5-7,13H,4H2,1-3H3. The monoisotopic (exact) mass is 193 g/mol. The van der Waals surface area contributed by atoms with Crippen LogP contribution in [0.4, 0.5) is 0 Å². The molecule has 0 radical (unpaired) electrons. The van der Waals surface area contributed by atoms with E-state index in [1.54, 1.807) is 26.2 Å². The zero-order chi connectivity index (χ0) is 10.7. The van der Waals surface area contributed by atoms with Gasteiger partial charge in [-0.15, -0.1) is 0 Å². The molecule has 0 bridgehead atoms. The van der Waals surface area contributed by atoms with Crippen LogP contribution in [0.2, 0.25) is 0 Å². The van der Waals surface area contributed by atoms with Gasteiger partial charge in [-0.25, -0.2) is 0 Å². The average molecular weight is 193 g/mol. The lowest BCUT2D eigenvalue weighted by molar-refractivity contribution is 0.0824. The van der Waals surface area contributed by atoms with E-state index in [0.29, 0.717) is 5.56 Å². The maximum atomic E-state index is 11.6. The van der Waals surface area contributed by atoms with Crippen LogP contribution in [0.5, 0.6) is 5.75 Å². The molecule has 76 valence electrons. The van der Waals surface area contributed by atoms with Gasteiger partial charge in [0.05, 0.1) is 5.56 Å². The molecule has 0 saturated carbocycles. The third kappa shape index (κ3) is 1.87. The molecule has 0 aliphatic carbocycles. The van der Waals surface area contributed by atoms with Crippen LogP contribution in [-0.2, 0) is 6.42 Å². The van der Waals surface area contributed by atoms with Gasteiger partial charge in [-0.05, 0) is 18.1 Å². The zero-order valence-corrected chi connectivity index (χ0v) is 8.74. The number of hydrogen-bond donors (Lipinski definition) is 1. The highest BCUT2D eigenvalue weighted by atomic mass is 16.3. The van der Waals surface area contributed by atoms with Crippen LogP contribution < -0.4 is 0 Å². The summed E-state index contributed by atoms with van der Waals surface area (Å²) in [5, 5.41) is 9.76. The van der Waals surface area contributed by atoms with E-state index in [2.05, 4.69) is 0 Å². The number of phenols is 1. The van der Waals surface area contributed by atoms with Gasteiger partial charge in [-0.2, -0.15) is 0 Å². The Morgan fingerprint density at radius 3 is 2.57 bits per heavy atom. The van der Waals surface area contributed by atoms with Crippen LogP contribution in [0.15, 0.2) is 18.2 Å². The van der Waals surface area contributed by atoms with Crippen molar-refractivity contribution < 1.29 is 9.90 Å². The third-order valence-electron chi connectivity index (χ3n) is 2.14. The van der Waals surface area contributed by atoms with Crippen molar-refractivity contribution in [3.05, 3.63) is 29.3 Å². The Balaban J connectivity index is 3.16. The quantitative estimate of drug-likeness (QED) is 0.776. The molecular formula is C11H15NO2. The first-order valence-electron chi connectivity index (χ1n) is 4.60. The molecule has 1 N–H and O–H groups in total. The maximum absolute atomic E-state index is 11.6. The second-order valence-corrected chi connectivity index (χ2v) is 3.37. The molecule has 14 heavy (non-hydrogen) atoms. The SMILES string of the molecule is CCc1cccc(C(=O)N(C)C)c1O. The fourth-order valence-electron chi connectivity index (χ4n) is 1.29. The molecule has 3 nitrogen and oxygen atoms in total. The summed E-state index contributed by atoms with van der Waals surface area (Å²) >= 11 is 0. The second kappa shape index (κ2) is 4.13. The van der Waals surface area contributed by atoms with Gasteiger partial charge in [0.2, 0.25) is 0 Å². The Morgan fingerprint density at radius 2 is 2.07 bits per heavy atom. The van der Waals surface area contributed by atoms with Gasteiger partial charge in [0.15, 0.2) is 0 Å². The van der Waals surface area contributed by atoms with E-state index in [1.165, 1.54) is 4.90 Å². The van der Waals surface area contributed by atoms with E-state index in [-0.39, 0.29) is 11.7 Å². The Bertz CT molecular complexity index is 345. The summed E-state index contributed by atoms with van der Waals surface area (Å²) in [6.07, 6.45) is 0.723. The third-order valence-corrected chi connectivity index (χ3v) is 2.14. The smallest absolute Gasteiger partial charge is 0.257 e. The minimum Gasteiger partial charge on any atom is -0.507 e. The van der Waals surface area contributed by atoms with Crippen molar-refractivity contribution in [2.75, 3.05) is 14.1 Å². The molecule has 0 atom stereocenters. The largest absolute Gasteiger partial charge is 0.507 e. The molecule has 0 aromatic heterocycles. The highest BCUT2D eigenvalue weighted by Gasteiger charge is 2.14. The summed E-state index contributed by atoms with van der Waals surface area (Å²) in [7, 11) is 3.33. The van der Waals surface area contributed by atoms with Crippen LogP contribution in [0.1, 0.15) is 22.8 Å². The number of rotatable bonds is 2. The molecule has 1 aromatic rings. The maximum Gasteiger partial charge on any atom is 0.257 e. The summed E-state index contributed by atoms with van der Waals surface area (Å²) in [6, 6.07) is 5.24. The van der Waals surface area contributed by atoms with Gasteiger partial charge in [0.1, 0.15) is 5.75 Å². The summed E-state index contributed by atoms with van der Waals surface area (Å²) in [6.45, 7) is 1.94. The van der Waals surface area contributed by atoms with Crippen molar-refractivity contribution in [3.8, 4) is 5.75 Å². The van der Waals surface area contributed by atoms with Crippen LogP contribution in [0, 0.1) is 0 Å². The number of para-hydroxylation sites is 1. The Labute approximate surface area is 84.0 Å². The molecule has 1 aromatic carbocycles. The lowest BCUT2D eigenvalue weighted by Crippen LogP contribution is -2.21. The van der Waals surface area contributed by atoms with Crippen LogP contribution in [0.25, 0.3) is 0 Å². The first-order valence-corrected chi connectivity index (χ1v) is 4.60. The van der Waals surface area contributed by atoms with Crippen LogP contribution >= 0.6 is 0 Å². The predicted octanol–water partition coefficient (Wildman–Crippen LogP) is 1.66. The van der Waals surface area contributed by atoms with Gasteiger partial charge in [0.25, 0.3) is 5.91 Å². The van der Waals surface area contributed by atoms with Gasteiger partial charge in [-0.1, -0.05) is 19.1 Å².